The van der Waals surface area contributed by atoms with Gasteiger partial charge in [0, 0.05) is 6.54 Å². The fraction of sp³-hybridized carbons (Fsp3) is 0.280. The van der Waals surface area contributed by atoms with Crippen molar-refractivity contribution in [2.75, 3.05) is 18.2 Å². The SMILES string of the molecule is C=CCn1c(SCC(=O)Nc2ccccc2OC)nnc1[C@@H](NC(=O)c1ccccc1Cl)C(C)C. The predicted octanol–water partition coefficient (Wildman–Crippen LogP) is 4.98. The van der Waals surface area contributed by atoms with Crippen molar-refractivity contribution in [3.8, 4) is 5.75 Å². The third-order valence-electron chi connectivity index (χ3n) is 5.12. The number of hydrogen-bond donors (Lipinski definition) is 2. The zero-order valence-corrected chi connectivity index (χ0v) is 21.4. The molecular formula is C25H28ClN5O3S. The molecule has 2 N–H and O–H groups in total. The van der Waals surface area contributed by atoms with E-state index in [9.17, 15) is 9.59 Å². The molecule has 0 bridgehead atoms. The second kappa shape index (κ2) is 12.4. The van der Waals surface area contributed by atoms with Gasteiger partial charge in [-0.05, 0) is 30.2 Å². The molecule has 0 radical (unpaired) electrons. The number of halogens is 1. The summed E-state index contributed by atoms with van der Waals surface area (Å²) in [5.74, 6) is 0.784. The smallest absolute Gasteiger partial charge is 0.253 e. The zero-order valence-electron chi connectivity index (χ0n) is 19.8. The number of hydrogen-bond acceptors (Lipinski definition) is 6. The van der Waals surface area contributed by atoms with E-state index in [0.717, 1.165) is 0 Å². The lowest BCUT2D eigenvalue weighted by Gasteiger charge is -2.23. The van der Waals surface area contributed by atoms with Crippen LogP contribution in [0.1, 0.15) is 36.1 Å². The summed E-state index contributed by atoms with van der Waals surface area (Å²) in [5.41, 5.74) is 0.980. The van der Waals surface area contributed by atoms with Gasteiger partial charge in [-0.3, -0.25) is 9.59 Å². The molecule has 3 rings (SSSR count). The van der Waals surface area contributed by atoms with Gasteiger partial charge in [0.05, 0.1) is 35.2 Å². The van der Waals surface area contributed by atoms with Crippen molar-refractivity contribution in [2.45, 2.75) is 31.6 Å². The summed E-state index contributed by atoms with van der Waals surface area (Å²) in [4.78, 5) is 25.5. The maximum absolute atomic E-state index is 12.9. The Morgan fingerprint density at radius 3 is 2.57 bits per heavy atom. The average molecular weight is 514 g/mol. The molecule has 0 unspecified atom stereocenters. The maximum Gasteiger partial charge on any atom is 0.253 e. The predicted molar refractivity (Wildman–Crippen MR) is 139 cm³/mol. The van der Waals surface area contributed by atoms with Crippen LogP contribution in [0.15, 0.2) is 66.3 Å². The summed E-state index contributed by atoms with van der Waals surface area (Å²) in [6, 6.07) is 13.6. The number of nitrogens with one attached hydrogen (secondary N) is 2. The van der Waals surface area contributed by atoms with Gasteiger partial charge in [-0.15, -0.1) is 16.8 Å². The zero-order chi connectivity index (χ0) is 25.4. The molecule has 0 aliphatic carbocycles. The van der Waals surface area contributed by atoms with E-state index in [1.165, 1.54) is 11.8 Å². The second-order valence-corrected chi connectivity index (χ2v) is 9.30. The average Bonchev–Trinajstić information content (AvgIpc) is 3.23. The molecule has 0 aliphatic heterocycles. The van der Waals surface area contributed by atoms with E-state index in [-0.39, 0.29) is 23.5 Å². The fourth-order valence-corrected chi connectivity index (χ4v) is 4.37. The van der Waals surface area contributed by atoms with Crippen molar-refractivity contribution in [1.29, 1.82) is 0 Å². The second-order valence-electron chi connectivity index (χ2n) is 7.95. The van der Waals surface area contributed by atoms with E-state index in [4.69, 9.17) is 16.3 Å². The molecule has 1 aromatic heterocycles. The molecule has 2 aromatic carbocycles. The summed E-state index contributed by atoms with van der Waals surface area (Å²) < 4.78 is 7.13. The minimum atomic E-state index is -0.428. The number of amides is 2. The summed E-state index contributed by atoms with van der Waals surface area (Å²) in [5, 5.41) is 15.5. The Bertz CT molecular complexity index is 1200. The van der Waals surface area contributed by atoms with Crippen LogP contribution in [-0.4, -0.2) is 39.4 Å². The molecule has 10 heteroatoms. The lowest BCUT2D eigenvalue weighted by molar-refractivity contribution is -0.113. The fourth-order valence-electron chi connectivity index (χ4n) is 3.40. The van der Waals surface area contributed by atoms with Gasteiger partial charge in [-0.1, -0.05) is 67.6 Å². The molecule has 1 heterocycles. The number of allylic oxidation sites excluding steroid dienone is 1. The number of thioether (sulfide) groups is 1. The highest BCUT2D eigenvalue weighted by Crippen LogP contribution is 2.27. The lowest BCUT2D eigenvalue weighted by atomic mass is 10.0. The molecule has 8 nitrogen and oxygen atoms in total. The van der Waals surface area contributed by atoms with Crippen molar-refractivity contribution in [3.63, 3.8) is 0 Å². The van der Waals surface area contributed by atoms with Gasteiger partial charge in [0.2, 0.25) is 5.91 Å². The van der Waals surface area contributed by atoms with Crippen LogP contribution in [0.25, 0.3) is 0 Å². The van der Waals surface area contributed by atoms with E-state index in [1.807, 2.05) is 30.5 Å². The van der Waals surface area contributed by atoms with Gasteiger partial charge in [-0.2, -0.15) is 0 Å². The van der Waals surface area contributed by atoms with Gasteiger partial charge in [-0.25, -0.2) is 0 Å². The Balaban J connectivity index is 1.77. The summed E-state index contributed by atoms with van der Waals surface area (Å²) >= 11 is 7.46. The molecule has 0 fully saturated rings. The number of carbonyl (C=O) groups is 2. The third-order valence-corrected chi connectivity index (χ3v) is 6.42. The van der Waals surface area contributed by atoms with Gasteiger partial charge < -0.3 is 19.9 Å². The third kappa shape index (κ3) is 6.64. The van der Waals surface area contributed by atoms with Crippen LogP contribution in [0.4, 0.5) is 5.69 Å². The molecule has 0 saturated heterocycles. The topological polar surface area (TPSA) is 98.1 Å². The number of anilines is 1. The highest BCUT2D eigenvalue weighted by atomic mass is 35.5. The van der Waals surface area contributed by atoms with Crippen LogP contribution in [0.3, 0.4) is 0 Å². The van der Waals surface area contributed by atoms with Crippen molar-refractivity contribution in [3.05, 3.63) is 77.6 Å². The van der Waals surface area contributed by atoms with Gasteiger partial charge in [0.1, 0.15) is 5.75 Å². The lowest BCUT2D eigenvalue weighted by Crippen LogP contribution is -2.34. The number of carbonyl (C=O) groups excluding carboxylic acids is 2. The Kier molecular flexibility index (Phi) is 9.33. The Hall–Kier alpha value is -3.30. The number of methoxy groups -OCH3 is 1. The van der Waals surface area contributed by atoms with Crippen molar-refractivity contribution < 1.29 is 14.3 Å². The van der Waals surface area contributed by atoms with Crippen molar-refractivity contribution >= 4 is 40.9 Å². The van der Waals surface area contributed by atoms with E-state index in [1.54, 1.807) is 49.6 Å². The number of benzene rings is 2. The standard InChI is InChI=1S/C25H28ClN5O3S/c1-5-14-31-23(22(16(2)3)28-24(33)17-10-6-7-11-18(17)26)29-30-25(31)35-15-21(32)27-19-12-8-9-13-20(19)34-4/h5-13,16,22H,1,14-15H2,2-4H3,(H,27,32)(H,28,33)/t22-/m0/s1. The first kappa shape index (κ1) is 26.3. The van der Waals surface area contributed by atoms with E-state index < -0.39 is 6.04 Å². The minimum absolute atomic E-state index is 0.0147. The Morgan fingerprint density at radius 2 is 1.89 bits per heavy atom. The van der Waals surface area contributed by atoms with Gasteiger partial charge in [0.15, 0.2) is 11.0 Å². The first-order chi connectivity index (χ1) is 16.8. The molecule has 0 spiro atoms. The molecule has 3 aromatic rings. The molecule has 0 saturated carbocycles. The van der Waals surface area contributed by atoms with E-state index in [0.29, 0.717) is 39.5 Å². The number of ether oxygens (including phenoxy) is 1. The number of nitrogens with zero attached hydrogens (tertiary/aromatic N) is 3. The number of para-hydroxylation sites is 2. The van der Waals surface area contributed by atoms with Crippen LogP contribution in [0.2, 0.25) is 5.02 Å². The Morgan fingerprint density at radius 1 is 1.17 bits per heavy atom. The highest BCUT2D eigenvalue weighted by molar-refractivity contribution is 7.99. The largest absolute Gasteiger partial charge is 0.495 e. The van der Waals surface area contributed by atoms with Crippen LogP contribution in [0.5, 0.6) is 5.75 Å². The van der Waals surface area contributed by atoms with Crippen LogP contribution < -0.4 is 15.4 Å². The van der Waals surface area contributed by atoms with Gasteiger partial charge >= 0.3 is 0 Å². The highest BCUT2D eigenvalue weighted by Gasteiger charge is 2.27. The summed E-state index contributed by atoms with van der Waals surface area (Å²) in [7, 11) is 1.55. The van der Waals surface area contributed by atoms with Crippen LogP contribution >= 0.6 is 23.4 Å². The quantitative estimate of drug-likeness (QED) is 0.277. The molecule has 35 heavy (non-hydrogen) atoms. The first-order valence-corrected chi connectivity index (χ1v) is 12.4. The number of aromatic nitrogens is 3. The maximum atomic E-state index is 12.9. The monoisotopic (exact) mass is 513 g/mol. The van der Waals surface area contributed by atoms with E-state index >= 15 is 0 Å². The van der Waals surface area contributed by atoms with E-state index in [2.05, 4.69) is 27.4 Å². The number of rotatable bonds is 11. The first-order valence-electron chi connectivity index (χ1n) is 11.0. The van der Waals surface area contributed by atoms with Crippen LogP contribution in [-0.2, 0) is 11.3 Å². The Labute approximate surface area is 214 Å². The minimum Gasteiger partial charge on any atom is -0.495 e. The molecule has 1 atom stereocenters. The molecule has 0 aliphatic rings. The van der Waals surface area contributed by atoms with Gasteiger partial charge in [0.25, 0.3) is 5.91 Å². The molecule has 2 amide bonds. The van der Waals surface area contributed by atoms with Crippen LogP contribution in [0, 0.1) is 5.92 Å². The molecular weight excluding hydrogens is 486 g/mol. The summed E-state index contributed by atoms with van der Waals surface area (Å²) in [6.07, 6.45) is 1.72. The van der Waals surface area contributed by atoms with Crippen molar-refractivity contribution in [2.24, 2.45) is 5.92 Å². The van der Waals surface area contributed by atoms with Crippen molar-refractivity contribution in [1.82, 2.24) is 20.1 Å². The normalized spacial score (nSPS) is 11.7. The molecule has 184 valence electrons. The summed E-state index contributed by atoms with van der Waals surface area (Å²) in [6.45, 7) is 8.22.